The van der Waals surface area contributed by atoms with Crippen LogP contribution in [0.4, 0.5) is 0 Å². The van der Waals surface area contributed by atoms with Crippen LogP contribution in [0.3, 0.4) is 0 Å². The van der Waals surface area contributed by atoms with E-state index in [2.05, 4.69) is 72.5 Å². The first-order valence-corrected chi connectivity index (χ1v) is 9.36. The Morgan fingerprint density at radius 3 is 2.89 bits per heavy atom. The van der Waals surface area contributed by atoms with Gasteiger partial charge in [-0.3, -0.25) is 0 Å². The molecule has 2 aromatic heterocycles. The van der Waals surface area contributed by atoms with Crippen LogP contribution in [-0.4, -0.2) is 21.2 Å². The van der Waals surface area contributed by atoms with E-state index in [0.29, 0.717) is 0 Å². The maximum atomic E-state index is 5.77. The van der Waals surface area contributed by atoms with Gasteiger partial charge in [0.1, 0.15) is 12.1 Å². The van der Waals surface area contributed by atoms with E-state index in [9.17, 15) is 0 Å². The van der Waals surface area contributed by atoms with Gasteiger partial charge in [0.05, 0.1) is 17.8 Å². The van der Waals surface area contributed by atoms with Gasteiger partial charge < -0.3 is 4.74 Å². The first-order chi connectivity index (χ1) is 13.2. The smallest absolute Gasteiger partial charge is 0.137 e. The second-order valence-corrected chi connectivity index (χ2v) is 7.18. The number of aryl methyl sites for hydroxylation is 1. The third-order valence-corrected chi connectivity index (χ3v) is 5.57. The number of rotatable bonds is 3. The van der Waals surface area contributed by atoms with E-state index in [0.717, 1.165) is 35.6 Å². The van der Waals surface area contributed by atoms with Crippen LogP contribution in [0.25, 0.3) is 16.8 Å². The lowest BCUT2D eigenvalue weighted by Crippen LogP contribution is -2.01. The van der Waals surface area contributed by atoms with Gasteiger partial charge in [-0.25, -0.2) is 9.50 Å². The Hall–Kier alpha value is -3.14. The highest BCUT2D eigenvalue weighted by Gasteiger charge is 2.20. The molecule has 27 heavy (non-hydrogen) atoms. The van der Waals surface area contributed by atoms with Gasteiger partial charge in [-0.05, 0) is 41.3 Å². The molecule has 134 valence electrons. The molecule has 4 heteroatoms. The molecule has 0 bridgehead atoms. The molecule has 0 aliphatic carbocycles. The summed E-state index contributed by atoms with van der Waals surface area (Å²) in [7, 11) is 0. The average Bonchev–Trinajstić information content (AvgIpc) is 3.34. The van der Waals surface area contributed by atoms with Gasteiger partial charge in [-0.2, -0.15) is 5.10 Å². The fourth-order valence-corrected chi connectivity index (χ4v) is 4.00. The number of aromatic nitrogens is 3. The predicted molar refractivity (Wildman–Crippen MR) is 106 cm³/mol. The van der Waals surface area contributed by atoms with Crippen LogP contribution in [0.5, 0.6) is 5.75 Å². The number of benzene rings is 2. The molecule has 0 radical (unpaired) electrons. The molecule has 0 saturated heterocycles. The monoisotopic (exact) mass is 355 g/mol. The molecule has 1 aliphatic rings. The van der Waals surface area contributed by atoms with Crippen LogP contribution in [0, 0.1) is 6.92 Å². The Labute approximate surface area is 158 Å². The fraction of sp³-hybridized carbons (Fsp3) is 0.217. The van der Waals surface area contributed by atoms with Gasteiger partial charge >= 0.3 is 0 Å². The number of hydrogen-bond acceptors (Lipinski definition) is 3. The van der Waals surface area contributed by atoms with Crippen molar-refractivity contribution in [3.05, 3.63) is 83.3 Å². The van der Waals surface area contributed by atoms with Crippen LogP contribution in [0.1, 0.15) is 35.1 Å². The molecule has 1 atom stereocenters. The van der Waals surface area contributed by atoms with Gasteiger partial charge in [0.25, 0.3) is 0 Å². The quantitative estimate of drug-likeness (QED) is 0.530. The minimum atomic E-state index is 0.221. The second-order valence-electron chi connectivity index (χ2n) is 7.18. The molecule has 0 spiro atoms. The van der Waals surface area contributed by atoms with E-state index < -0.39 is 0 Å². The summed E-state index contributed by atoms with van der Waals surface area (Å²) in [5.41, 5.74) is 8.19. The highest BCUT2D eigenvalue weighted by Crippen LogP contribution is 2.36. The molecular formula is C23H21N3O. The lowest BCUT2D eigenvalue weighted by molar-refractivity contribution is 0.356. The van der Waals surface area contributed by atoms with E-state index in [1.54, 1.807) is 6.33 Å². The molecule has 5 rings (SSSR count). The Bertz CT molecular complexity index is 1150. The number of fused-ring (bicyclic) bond motifs is 2. The number of nitrogens with zero attached hydrogens (tertiary/aromatic N) is 3. The summed E-state index contributed by atoms with van der Waals surface area (Å²) >= 11 is 0. The van der Waals surface area contributed by atoms with Crippen LogP contribution < -0.4 is 4.74 Å². The first kappa shape index (κ1) is 16.1. The molecular weight excluding hydrogens is 334 g/mol. The van der Waals surface area contributed by atoms with Gasteiger partial charge in [0.15, 0.2) is 0 Å². The SMILES string of the molecule is Cc1ccccc1-c1ncnn2ccc(C(C)c3ccc4c(c3)OCC4)c12. The van der Waals surface area contributed by atoms with E-state index in [-0.39, 0.29) is 5.92 Å². The number of hydrogen-bond donors (Lipinski definition) is 0. The molecule has 1 unspecified atom stereocenters. The summed E-state index contributed by atoms with van der Waals surface area (Å²) in [5.74, 6) is 1.25. The molecule has 2 aromatic carbocycles. The Balaban J connectivity index is 1.67. The Morgan fingerprint density at radius 2 is 2.00 bits per heavy atom. The van der Waals surface area contributed by atoms with E-state index in [4.69, 9.17) is 4.74 Å². The summed E-state index contributed by atoms with van der Waals surface area (Å²) in [6, 6.07) is 17.1. The Kier molecular flexibility index (Phi) is 3.71. The molecule has 4 aromatic rings. The lowest BCUT2D eigenvalue weighted by atomic mass is 9.91. The third kappa shape index (κ3) is 2.60. The normalized spacial score (nSPS) is 14.1. The van der Waals surface area contributed by atoms with Crippen molar-refractivity contribution in [3.8, 4) is 17.0 Å². The summed E-state index contributed by atoms with van der Waals surface area (Å²) in [4.78, 5) is 4.65. The van der Waals surface area contributed by atoms with Gasteiger partial charge in [-0.1, -0.05) is 43.3 Å². The van der Waals surface area contributed by atoms with Crippen molar-refractivity contribution in [3.63, 3.8) is 0 Å². The van der Waals surface area contributed by atoms with Crippen molar-refractivity contribution in [2.24, 2.45) is 0 Å². The largest absolute Gasteiger partial charge is 0.493 e. The topological polar surface area (TPSA) is 39.4 Å². The lowest BCUT2D eigenvalue weighted by Gasteiger charge is -2.15. The highest BCUT2D eigenvalue weighted by atomic mass is 16.5. The zero-order valence-electron chi connectivity index (χ0n) is 15.5. The fourth-order valence-electron chi connectivity index (χ4n) is 4.00. The number of ether oxygens (including phenoxy) is 1. The Morgan fingerprint density at radius 1 is 1.11 bits per heavy atom. The molecule has 0 fully saturated rings. The molecule has 3 heterocycles. The summed E-state index contributed by atoms with van der Waals surface area (Å²) in [5, 5.41) is 4.43. The van der Waals surface area contributed by atoms with Crippen LogP contribution in [0.15, 0.2) is 61.1 Å². The maximum Gasteiger partial charge on any atom is 0.137 e. The van der Waals surface area contributed by atoms with Crippen LogP contribution in [0.2, 0.25) is 0 Å². The van der Waals surface area contributed by atoms with E-state index in [1.165, 1.54) is 22.3 Å². The van der Waals surface area contributed by atoms with Gasteiger partial charge in [0.2, 0.25) is 0 Å². The van der Waals surface area contributed by atoms with Crippen LogP contribution >= 0.6 is 0 Å². The minimum absolute atomic E-state index is 0.221. The van der Waals surface area contributed by atoms with Gasteiger partial charge in [-0.15, -0.1) is 0 Å². The predicted octanol–water partition coefficient (Wildman–Crippen LogP) is 4.79. The zero-order chi connectivity index (χ0) is 18.4. The van der Waals surface area contributed by atoms with Crippen molar-refractivity contribution in [1.82, 2.24) is 14.6 Å². The standard InChI is InChI=1S/C23H21N3O/c1-15-5-3-4-6-19(15)22-23-20(9-11-26(23)25-14-24-22)16(2)18-8-7-17-10-12-27-21(17)13-18/h3-9,11,13-14,16H,10,12H2,1-2H3. The molecule has 4 nitrogen and oxygen atoms in total. The summed E-state index contributed by atoms with van der Waals surface area (Å²) in [6.45, 7) is 5.14. The summed E-state index contributed by atoms with van der Waals surface area (Å²) < 4.78 is 7.71. The minimum Gasteiger partial charge on any atom is -0.493 e. The zero-order valence-corrected chi connectivity index (χ0v) is 15.5. The summed E-state index contributed by atoms with van der Waals surface area (Å²) in [6.07, 6.45) is 4.66. The van der Waals surface area contributed by atoms with Crippen molar-refractivity contribution in [2.45, 2.75) is 26.2 Å². The van der Waals surface area contributed by atoms with Crippen molar-refractivity contribution in [2.75, 3.05) is 6.61 Å². The van der Waals surface area contributed by atoms with E-state index >= 15 is 0 Å². The highest BCUT2D eigenvalue weighted by molar-refractivity contribution is 5.82. The van der Waals surface area contributed by atoms with Crippen molar-refractivity contribution >= 4 is 5.52 Å². The molecule has 0 saturated carbocycles. The van der Waals surface area contributed by atoms with Crippen molar-refractivity contribution < 1.29 is 4.74 Å². The molecule has 0 amide bonds. The van der Waals surface area contributed by atoms with Gasteiger partial charge in [0, 0.05) is 24.1 Å². The molecule has 0 N–H and O–H groups in total. The van der Waals surface area contributed by atoms with Crippen LogP contribution in [-0.2, 0) is 6.42 Å². The third-order valence-electron chi connectivity index (χ3n) is 5.57. The average molecular weight is 355 g/mol. The van der Waals surface area contributed by atoms with E-state index in [1.807, 2.05) is 10.7 Å². The molecule has 1 aliphatic heterocycles. The maximum absolute atomic E-state index is 5.77. The van der Waals surface area contributed by atoms with Crippen molar-refractivity contribution in [1.29, 1.82) is 0 Å². The first-order valence-electron chi connectivity index (χ1n) is 9.36. The second kappa shape index (κ2) is 6.23.